The molecule has 6 heteroatoms. The van der Waals surface area contributed by atoms with Crippen LogP contribution in [0.5, 0.6) is 5.75 Å². The van der Waals surface area contributed by atoms with E-state index < -0.39 is 4.92 Å². The maximum atomic E-state index is 11.9. The van der Waals surface area contributed by atoms with E-state index in [9.17, 15) is 20.0 Å². The van der Waals surface area contributed by atoms with Gasteiger partial charge in [-0.3, -0.25) is 14.9 Å². The highest BCUT2D eigenvalue weighted by molar-refractivity contribution is 9.10. The van der Waals surface area contributed by atoms with Gasteiger partial charge in [0.1, 0.15) is 0 Å². The summed E-state index contributed by atoms with van der Waals surface area (Å²) in [4.78, 5) is 22.0. The molecule has 2 rings (SSSR count). The van der Waals surface area contributed by atoms with Crippen molar-refractivity contribution in [2.45, 2.75) is 0 Å². The van der Waals surface area contributed by atoms with E-state index in [1.54, 1.807) is 24.3 Å². The lowest BCUT2D eigenvalue weighted by Crippen LogP contribution is -1.97. The van der Waals surface area contributed by atoms with E-state index in [1.807, 2.05) is 0 Å². The van der Waals surface area contributed by atoms with Gasteiger partial charge in [-0.2, -0.15) is 0 Å². The number of benzene rings is 2. The van der Waals surface area contributed by atoms with Crippen LogP contribution in [0.25, 0.3) is 6.08 Å². The van der Waals surface area contributed by atoms with E-state index in [2.05, 4.69) is 15.9 Å². The van der Waals surface area contributed by atoms with Crippen molar-refractivity contribution in [1.29, 1.82) is 0 Å². The Balaban J connectivity index is 2.24. The summed E-state index contributed by atoms with van der Waals surface area (Å²) in [5, 5.41) is 22.3. The van der Waals surface area contributed by atoms with Crippen molar-refractivity contribution in [2.24, 2.45) is 0 Å². The Morgan fingerprint density at radius 3 is 2.43 bits per heavy atom. The van der Waals surface area contributed by atoms with Gasteiger partial charge in [0.15, 0.2) is 5.78 Å². The molecule has 0 spiro atoms. The Bertz CT molecular complexity index is 723. The molecule has 0 amide bonds. The first kappa shape index (κ1) is 14.9. The van der Waals surface area contributed by atoms with Crippen LogP contribution in [0.15, 0.2) is 53.0 Å². The standard InChI is InChI=1S/C15H10BrNO4/c16-12-4-1-10(2-5-12)14(18)7-3-11-9-13(17(20)21)6-8-15(11)19/h1-9,19H/p-1/b7-3+. The number of non-ortho nitro benzene ring substituents is 1. The van der Waals surface area contributed by atoms with Crippen LogP contribution in [-0.4, -0.2) is 10.7 Å². The van der Waals surface area contributed by atoms with Crippen LogP contribution in [0.2, 0.25) is 0 Å². The fraction of sp³-hybridized carbons (Fsp3) is 0. The quantitative estimate of drug-likeness (QED) is 0.368. The summed E-state index contributed by atoms with van der Waals surface area (Å²) < 4.78 is 0.851. The van der Waals surface area contributed by atoms with Crippen molar-refractivity contribution >= 4 is 33.5 Å². The number of hydrogen-bond acceptors (Lipinski definition) is 4. The van der Waals surface area contributed by atoms with E-state index in [0.717, 1.165) is 22.7 Å². The number of rotatable bonds is 4. The van der Waals surface area contributed by atoms with Gasteiger partial charge in [0.25, 0.3) is 5.69 Å². The van der Waals surface area contributed by atoms with E-state index in [-0.39, 0.29) is 22.8 Å². The minimum atomic E-state index is -0.590. The first-order valence-corrected chi connectivity index (χ1v) is 6.70. The fourth-order valence-electron chi connectivity index (χ4n) is 1.66. The Hall–Kier alpha value is -2.47. The summed E-state index contributed by atoms with van der Waals surface area (Å²) >= 11 is 3.27. The van der Waals surface area contributed by atoms with Crippen molar-refractivity contribution in [1.82, 2.24) is 0 Å². The second kappa shape index (κ2) is 6.32. The van der Waals surface area contributed by atoms with Crippen molar-refractivity contribution in [2.75, 3.05) is 0 Å². The van der Waals surface area contributed by atoms with Crippen molar-refractivity contribution < 1.29 is 14.8 Å². The topological polar surface area (TPSA) is 83.3 Å². The maximum absolute atomic E-state index is 11.9. The lowest BCUT2D eigenvalue weighted by molar-refractivity contribution is -0.385. The Morgan fingerprint density at radius 2 is 1.81 bits per heavy atom. The molecule has 0 aliphatic rings. The minimum Gasteiger partial charge on any atom is -0.872 e. The first-order valence-electron chi connectivity index (χ1n) is 5.91. The average Bonchev–Trinajstić information content (AvgIpc) is 2.46. The molecule has 0 aliphatic heterocycles. The SMILES string of the molecule is O=C(/C=C/c1cc([N+](=O)[O-])ccc1[O-])c1ccc(Br)cc1. The lowest BCUT2D eigenvalue weighted by Gasteiger charge is -2.08. The number of ketones is 1. The smallest absolute Gasteiger partial charge is 0.269 e. The second-order valence-corrected chi connectivity index (χ2v) is 5.10. The monoisotopic (exact) mass is 346 g/mol. The molecule has 0 saturated heterocycles. The van der Waals surface area contributed by atoms with Crippen LogP contribution in [0.3, 0.4) is 0 Å². The predicted molar refractivity (Wildman–Crippen MR) is 80.0 cm³/mol. The van der Waals surface area contributed by atoms with Gasteiger partial charge in [-0.05, 0) is 35.9 Å². The molecule has 0 radical (unpaired) electrons. The van der Waals surface area contributed by atoms with Crippen molar-refractivity contribution in [3.63, 3.8) is 0 Å². The molecule has 0 aliphatic carbocycles. The normalized spacial score (nSPS) is 10.7. The number of carbonyl (C=O) groups excluding carboxylic acids is 1. The molecule has 0 unspecified atom stereocenters. The number of nitrogens with zero attached hydrogens (tertiary/aromatic N) is 1. The van der Waals surface area contributed by atoms with Crippen LogP contribution in [-0.2, 0) is 0 Å². The van der Waals surface area contributed by atoms with Crippen molar-refractivity contribution in [3.05, 3.63) is 74.3 Å². The highest BCUT2D eigenvalue weighted by atomic mass is 79.9. The molecule has 0 saturated carbocycles. The van der Waals surface area contributed by atoms with E-state index in [0.29, 0.717) is 5.56 Å². The zero-order valence-electron chi connectivity index (χ0n) is 10.7. The molecule has 5 nitrogen and oxygen atoms in total. The molecule has 0 heterocycles. The van der Waals surface area contributed by atoms with Gasteiger partial charge in [0.2, 0.25) is 0 Å². The molecule has 0 fully saturated rings. The largest absolute Gasteiger partial charge is 0.872 e. The molecule has 21 heavy (non-hydrogen) atoms. The zero-order valence-corrected chi connectivity index (χ0v) is 12.2. The molecular weight excluding hydrogens is 338 g/mol. The highest BCUT2D eigenvalue weighted by Gasteiger charge is 2.06. The molecule has 2 aromatic carbocycles. The third-order valence-corrected chi connectivity index (χ3v) is 3.28. The summed E-state index contributed by atoms with van der Waals surface area (Å²) in [6, 6.07) is 10.1. The van der Waals surface area contributed by atoms with Crippen LogP contribution in [0.1, 0.15) is 15.9 Å². The van der Waals surface area contributed by atoms with Crippen LogP contribution < -0.4 is 5.11 Å². The minimum absolute atomic E-state index is 0.106. The predicted octanol–water partition coefficient (Wildman–Crippen LogP) is 3.33. The third-order valence-electron chi connectivity index (χ3n) is 2.75. The van der Waals surface area contributed by atoms with Gasteiger partial charge in [0.05, 0.1) is 4.92 Å². The lowest BCUT2D eigenvalue weighted by atomic mass is 10.1. The number of nitro groups is 1. The zero-order chi connectivity index (χ0) is 15.4. The molecule has 0 N–H and O–H groups in total. The fourth-order valence-corrected chi connectivity index (χ4v) is 1.92. The summed E-state index contributed by atoms with van der Waals surface area (Å²) in [5.74, 6) is -0.658. The van der Waals surface area contributed by atoms with E-state index in [4.69, 9.17) is 0 Å². The molecule has 0 atom stereocenters. The van der Waals surface area contributed by atoms with Gasteiger partial charge in [-0.1, -0.05) is 28.1 Å². The summed E-state index contributed by atoms with van der Waals surface area (Å²) in [5.41, 5.74) is 0.382. The number of nitro benzene ring substituents is 1. The Labute approximate surface area is 128 Å². The molecule has 0 aromatic heterocycles. The van der Waals surface area contributed by atoms with Gasteiger partial charge in [-0.15, -0.1) is 5.75 Å². The summed E-state index contributed by atoms with van der Waals surface area (Å²) in [6.07, 6.45) is 2.52. The average molecular weight is 347 g/mol. The van der Waals surface area contributed by atoms with E-state index in [1.165, 1.54) is 12.2 Å². The van der Waals surface area contributed by atoms with Crippen molar-refractivity contribution in [3.8, 4) is 5.75 Å². The van der Waals surface area contributed by atoms with Gasteiger partial charge in [0, 0.05) is 22.2 Å². The Morgan fingerprint density at radius 1 is 1.14 bits per heavy atom. The number of allylic oxidation sites excluding steroid dienone is 1. The second-order valence-electron chi connectivity index (χ2n) is 4.18. The molecular formula is C15H9BrNO4-. The number of hydrogen-bond donors (Lipinski definition) is 0. The summed E-state index contributed by atoms with van der Waals surface area (Å²) in [7, 11) is 0. The van der Waals surface area contributed by atoms with Crippen LogP contribution in [0.4, 0.5) is 5.69 Å². The third kappa shape index (κ3) is 3.76. The van der Waals surface area contributed by atoms with Gasteiger partial charge < -0.3 is 5.11 Å². The van der Waals surface area contributed by atoms with Gasteiger partial charge in [-0.25, -0.2) is 0 Å². The van der Waals surface area contributed by atoms with Crippen LogP contribution >= 0.6 is 15.9 Å². The maximum Gasteiger partial charge on any atom is 0.269 e. The number of halogens is 1. The molecule has 0 bridgehead atoms. The first-order chi connectivity index (χ1) is 9.97. The Kier molecular flexibility index (Phi) is 4.49. The molecule has 2 aromatic rings. The molecule has 106 valence electrons. The van der Waals surface area contributed by atoms with Crippen LogP contribution in [0, 0.1) is 10.1 Å². The highest BCUT2D eigenvalue weighted by Crippen LogP contribution is 2.22. The number of carbonyl (C=O) groups is 1. The van der Waals surface area contributed by atoms with Gasteiger partial charge >= 0.3 is 0 Å². The summed E-state index contributed by atoms with van der Waals surface area (Å²) in [6.45, 7) is 0. The van der Waals surface area contributed by atoms with E-state index >= 15 is 0 Å².